The van der Waals surface area contributed by atoms with E-state index in [0.717, 1.165) is 6.42 Å². The summed E-state index contributed by atoms with van der Waals surface area (Å²) in [5, 5.41) is 7.83. The highest BCUT2D eigenvalue weighted by atomic mass is 16.5. The monoisotopic (exact) mass is 530 g/mol. The average Bonchev–Trinajstić information content (AvgIpc) is 3.29. The number of hydrogen-bond donors (Lipinski definition) is 4. The lowest BCUT2D eigenvalue weighted by atomic mass is 10.1. The fraction of sp³-hybridized carbons (Fsp3) is 0.520. The van der Waals surface area contributed by atoms with Crippen LogP contribution < -0.4 is 26.4 Å². The molecular weight excluding hydrogens is 496 g/mol. The zero-order valence-corrected chi connectivity index (χ0v) is 21.4. The number of nitrogens with zero attached hydrogens (tertiary/aromatic N) is 2. The van der Waals surface area contributed by atoms with Crippen LogP contribution in [0.3, 0.4) is 0 Å². The van der Waals surface area contributed by atoms with E-state index in [1.54, 1.807) is 23.1 Å². The van der Waals surface area contributed by atoms with Gasteiger partial charge in [0.25, 0.3) is 5.91 Å². The normalized spacial score (nSPS) is 21.1. The van der Waals surface area contributed by atoms with Crippen molar-refractivity contribution in [3.05, 3.63) is 29.8 Å². The Morgan fingerprint density at radius 2 is 1.89 bits per heavy atom. The third-order valence-corrected chi connectivity index (χ3v) is 6.37. The molecule has 1 fully saturated rings. The van der Waals surface area contributed by atoms with E-state index >= 15 is 0 Å². The highest BCUT2D eigenvalue weighted by molar-refractivity contribution is 6.01. The Balaban J connectivity index is 1.80. The zero-order valence-electron chi connectivity index (χ0n) is 21.4. The highest BCUT2D eigenvalue weighted by Gasteiger charge is 2.30. The Bertz CT molecular complexity index is 1080. The van der Waals surface area contributed by atoms with E-state index in [2.05, 4.69) is 16.0 Å². The van der Waals surface area contributed by atoms with Crippen LogP contribution in [0.15, 0.2) is 24.3 Å². The van der Waals surface area contributed by atoms with Crippen LogP contribution in [0.5, 0.6) is 5.75 Å². The molecule has 5 N–H and O–H groups in total. The van der Waals surface area contributed by atoms with E-state index in [0.29, 0.717) is 19.5 Å². The lowest BCUT2D eigenvalue weighted by Crippen LogP contribution is -2.53. The van der Waals surface area contributed by atoms with Crippen LogP contribution in [-0.4, -0.2) is 97.2 Å². The molecule has 0 radical (unpaired) electrons. The molecule has 0 bridgehead atoms. The van der Waals surface area contributed by atoms with Gasteiger partial charge in [-0.3, -0.25) is 28.8 Å². The first-order valence-corrected chi connectivity index (χ1v) is 12.6. The summed E-state index contributed by atoms with van der Waals surface area (Å²) in [6.45, 7) is 1.28. The molecule has 0 saturated carbocycles. The van der Waals surface area contributed by atoms with Gasteiger partial charge in [0.05, 0.1) is 18.5 Å². The van der Waals surface area contributed by atoms with Gasteiger partial charge in [-0.25, -0.2) is 0 Å². The van der Waals surface area contributed by atoms with Gasteiger partial charge in [0.15, 0.2) is 0 Å². The van der Waals surface area contributed by atoms with Crippen molar-refractivity contribution in [2.24, 2.45) is 5.73 Å². The maximum absolute atomic E-state index is 13.1. The van der Waals surface area contributed by atoms with Crippen molar-refractivity contribution in [1.82, 2.24) is 25.8 Å². The second kappa shape index (κ2) is 13.4. The summed E-state index contributed by atoms with van der Waals surface area (Å²) in [6, 6.07) is 4.10. The minimum atomic E-state index is -1.28. The molecule has 0 spiro atoms. The van der Waals surface area contributed by atoms with Crippen LogP contribution in [0.25, 0.3) is 0 Å². The number of likely N-dealkylation sites (N-methyl/N-ethyl adjacent to an activating group) is 1. The van der Waals surface area contributed by atoms with Crippen LogP contribution in [0.1, 0.15) is 42.5 Å². The van der Waals surface area contributed by atoms with Gasteiger partial charge in [0.1, 0.15) is 24.4 Å². The summed E-state index contributed by atoms with van der Waals surface area (Å²) < 4.78 is 5.75. The number of nitrogens with two attached hydrogens (primary N) is 1. The zero-order chi connectivity index (χ0) is 27.7. The number of amides is 6. The van der Waals surface area contributed by atoms with Gasteiger partial charge in [-0.2, -0.15) is 0 Å². The van der Waals surface area contributed by atoms with Gasteiger partial charge >= 0.3 is 0 Å². The standard InChI is InChI=1S/C25H34N6O7/c1-30-13-14-38-19-6-3-2-5-16(19)23(35)29-18(24(36)27-10-12-31-11-4-7-22(31)34)15-21(33)28-17(25(30)37)8-9-20(26)32/h2-3,5-6,17-18H,4,7-15H2,1H3,(H2,26,32)(H,27,36)(H,28,33)(H,29,35)/t17-,18-/m0/s1. The molecule has 13 heteroatoms. The van der Waals surface area contributed by atoms with Crippen LogP contribution in [-0.2, 0) is 24.0 Å². The Morgan fingerprint density at radius 3 is 2.61 bits per heavy atom. The lowest BCUT2D eigenvalue weighted by Gasteiger charge is -2.26. The summed E-state index contributed by atoms with van der Waals surface area (Å²) in [4.78, 5) is 78.2. The van der Waals surface area contributed by atoms with Gasteiger partial charge in [0.2, 0.25) is 29.5 Å². The third kappa shape index (κ3) is 7.92. The summed E-state index contributed by atoms with van der Waals surface area (Å²) in [5.74, 6) is -2.72. The number of benzene rings is 1. The molecule has 1 aromatic carbocycles. The molecular formula is C25H34N6O7. The predicted molar refractivity (Wildman–Crippen MR) is 135 cm³/mol. The number of nitrogens with one attached hydrogen (secondary N) is 3. The third-order valence-electron chi connectivity index (χ3n) is 6.37. The Morgan fingerprint density at radius 1 is 1.13 bits per heavy atom. The summed E-state index contributed by atoms with van der Waals surface area (Å²) in [6.07, 6.45) is 0.607. The largest absolute Gasteiger partial charge is 0.491 e. The van der Waals surface area contributed by atoms with Crippen LogP contribution in [0, 0.1) is 0 Å². The summed E-state index contributed by atoms with van der Waals surface area (Å²) >= 11 is 0. The number of likely N-dealkylation sites (tertiary alicyclic amines) is 1. The number of rotatable bonds is 7. The molecule has 2 aliphatic heterocycles. The van der Waals surface area contributed by atoms with E-state index < -0.39 is 48.0 Å². The predicted octanol–water partition coefficient (Wildman–Crippen LogP) is -1.49. The Labute approximate surface area is 220 Å². The topological polar surface area (TPSA) is 180 Å². The van der Waals surface area contributed by atoms with E-state index in [1.807, 2.05) is 0 Å². The molecule has 6 amide bonds. The highest BCUT2D eigenvalue weighted by Crippen LogP contribution is 2.19. The molecule has 0 aromatic heterocycles. The number of carbonyl (C=O) groups excluding carboxylic acids is 6. The van der Waals surface area contributed by atoms with E-state index in [9.17, 15) is 28.8 Å². The van der Waals surface area contributed by atoms with E-state index in [1.165, 1.54) is 18.0 Å². The average molecular weight is 531 g/mol. The number of ether oxygens (including phenoxy) is 1. The van der Waals surface area contributed by atoms with Gasteiger partial charge in [-0.05, 0) is 25.0 Å². The molecule has 206 valence electrons. The fourth-order valence-electron chi connectivity index (χ4n) is 4.25. The minimum absolute atomic E-state index is 0.0122. The number of hydrogen-bond acceptors (Lipinski definition) is 7. The molecule has 2 aliphatic rings. The van der Waals surface area contributed by atoms with Crippen LogP contribution >= 0.6 is 0 Å². The number of primary amides is 1. The molecule has 38 heavy (non-hydrogen) atoms. The van der Waals surface area contributed by atoms with Crippen LogP contribution in [0.4, 0.5) is 0 Å². The minimum Gasteiger partial charge on any atom is -0.491 e. The van der Waals surface area contributed by atoms with Gasteiger partial charge in [0, 0.05) is 39.5 Å². The molecule has 0 aliphatic carbocycles. The molecule has 1 aromatic rings. The first-order valence-electron chi connectivity index (χ1n) is 12.6. The Hall–Kier alpha value is -4.16. The van der Waals surface area contributed by atoms with E-state index in [-0.39, 0.29) is 49.8 Å². The van der Waals surface area contributed by atoms with E-state index in [4.69, 9.17) is 10.5 Å². The van der Waals surface area contributed by atoms with Gasteiger partial charge in [-0.1, -0.05) is 12.1 Å². The number of carbonyl (C=O) groups is 6. The molecule has 0 unspecified atom stereocenters. The van der Waals surface area contributed by atoms with Gasteiger partial charge in [-0.15, -0.1) is 0 Å². The van der Waals surface area contributed by atoms with Crippen molar-refractivity contribution in [1.29, 1.82) is 0 Å². The van der Waals surface area contributed by atoms with Crippen LogP contribution in [0.2, 0.25) is 0 Å². The van der Waals surface area contributed by atoms with Crippen molar-refractivity contribution in [3.63, 3.8) is 0 Å². The quantitative estimate of drug-likeness (QED) is 0.331. The van der Waals surface area contributed by atoms with Crippen molar-refractivity contribution in [2.75, 3.05) is 39.8 Å². The summed E-state index contributed by atoms with van der Waals surface area (Å²) in [7, 11) is 1.53. The molecule has 2 heterocycles. The maximum Gasteiger partial charge on any atom is 0.255 e. The second-order valence-corrected chi connectivity index (χ2v) is 9.24. The molecule has 13 nitrogen and oxygen atoms in total. The molecule has 1 saturated heterocycles. The van der Waals surface area contributed by atoms with Crippen molar-refractivity contribution in [3.8, 4) is 5.75 Å². The summed E-state index contributed by atoms with van der Waals surface area (Å²) in [5.41, 5.74) is 5.40. The first-order chi connectivity index (χ1) is 18.2. The number of para-hydroxylation sites is 1. The smallest absolute Gasteiger partial charge is 0.255 e. The fourth-order valence-corrected chi connectivity index (χ4v) is 4.25. The molecule has 2 atom stereocenters. The lowest BCUT2D eigenvalue weighted by molar-refractivity contribution is -0.136. The van der Waals surface area contributed by atoms with Gasteiger partial charge < -0.3 is 36.2 Å². The molecule has 3 rings (SSSR count). The van der Waals surface area contributed by atoms with Crippen molar-refractivity contribution in [2.45, 2.75) is 44.2 Å². The Kier molecular flexibility index (Phi) is 10.0. The SMILES string of the molecule is CN1CCOc2ccccc2C(=O)N[C@H](C(=O)NCCN2CCCC2=O)CC(=O)N[C@@H](CCC(N)=O)C1=O. The number of fused-ring (bicyclic) bond motifs is 1. The van der Waals surface area contributed by atoms with Crippen molar-refractivity contribution < 1.29 is 33.5 Å². The second-order valence-electron chi connectivity index (χ2n) is 9.24. The first kappa shape index (κ1) is 28.4. The van der Waals surface area contributed by atoms with Crippen molar-refractivity contribution >= 4 is 35.4 Å². The maximum atomic E-state index is 13.1.